The van der Waals surface area contributed by atoms with Gasteiger partial charge in [-0.05, 0) is 23.4 Å². The molecule has 1 rings (SSSR count). The highest BCUT2D eigenvalue weighted by molar-refractivity contribution is 6.06. The van der Waals surface area contributed by atoms with E-state index in [0.29, 0.717) is 5.71 Å². The Morgan fingerprint density at radius 1 is 1.31 bits per heavy atom. The van der Waals surface area contributed by atoms with E-state index in [2.05, 4.69) is 6.58 Å². The number of hydrogen-bond acceptors (Lipinski definition) is 1. The molecule has 0 radical (unpaired) electrons. The van der Waals surface area contributed by atoms with Crippen LogP contribution in [0.4, 0.5) is 0 Å². The SMILES string of the molecule is C=c1cccc/c1=C/C(C)=N.CC. The maximum Gasteiger partial charge on any atom is 0.0289 e. The second kappa shape index (κ2) is 6.18. The van der Waals surface area contributed by atoms with Crippen LogP contribution in [0.5, 0.6) is 0 Å². The van der Waals surface area contributed by atoms with Crippen molar-refractivity contribution in [1.82, 2.24) is 0 Å². The molecule has 13 heavy (non-hydrogen) atoms. The highest BCUT2D eigenvalue weighted by Gasteiger charge is 1.81. The second-order valence-electron chi connectivity index (χ2n) is 2.53. The van der Waals surface area contributed by atoms with Crippen LogP contribution in [0.25, 0.3) is 12.7 Å². The molecule has 70 valence electrons. The molecule has 0 spiro atoms. The molecule has 0 aliphatic carbocycles. The van der Waals surface area contributed by atoms with Crippen molar-refractivity contribution in [3.05, 3.63) is 34.7 Å². The largest absolute Gasteiger partial charge is 0.306 e. The predicted octanol–water partition coefficient (Wildman–Crippen LogP) is 1.94. The van der Waals surface area contributed by atoms with Gasteiger partial charge >= 0.3 is 0 Å². The van der Waals surface area contributed by atoms with Gasteiger partial charge in [-0.25, -0.2) is 0 Å². The standard InChI is InChI=1S/C10H11N.C2H6/c1-8-5-3-4-6-10(8)7-9(2)11;1-2/h3-7,11H,1H2,2H3;1-2H3/b10-7-,11-9?;. The van der Waals surface area contributed by atoms with E-state index in [1.54, 1.807) is 6.92 Å². The smallest absolute Gasteiger partial charge is 0.0289 e. The predicted molar refractivity (Wildman–Crippen MR) is 60.4 cm³/mol. The number of benzene rings is 1. The minimum Gasteiger partial charge on any atom is -0.306 e. The summed E-state index contributed by atoms with van der Waals surface area (Å²) in [6, 6.07) is 7.79. The average Bonchev–Trinajstić information content (AvgIpc) is 2.12. The number of rotatable bonds is 1. The van der Waals surface area contributed by atoms with Crippen molar-refractivity contribution >= 4 is 18.4 Å². The van der Waals surface area contributed by atoms with Gasteiger partial charge < -0.3 is 5.41 Å². The Labute approximate surface area is 79.9 Å². The van der Waals surface area contributed by atoms with Crippen LogP contribution in [0, 0.1) is 5.41 Å². The van der Waals surface area contributed by atoms with Gasteiger partial charge in [-0.1, -0.05) is 44.7 Å². The van der Waals surface area contributed by atoms with Crippen molar-refractivity contribution in [3.8, 4) is 0 Å². The fourth-order valence-electron chi connectivity index (χ4n) is 0.908. The monoisotopic (exact) mass is 175 g/mol. The molecule has 1 heteroatoms. The van der Waals surface area contributed by atoms with Crippen molar-refractivity contribution in [2.24, 2.45) is 0 Å². The first-order chi connectivity index (χ1) is 6.20. The number of nitrogens with one attached hydrogen (secondary N) is 1. The lowest BCUT2D eigenvalue weighted by atomic mass is 10.2. The van der Waals surface area contributed by atoms with Crippen LogP contribution in [0.2, 0.25) is 0 Å². The summed E-state index contributed by atoms with van der Waals surface area (Å²) in [6.07, 6.45) is 1.81. The van der Waals surface area contributed by atoms with E-state index in [-0.39, 0.29) is 0 Å². The molecule has 0 aliphatic heterocycles. The molecule has 0 saturated carbocycles. The quantitative estimate of drug-likeness (QED) is 0.631. The lowest BCUT2D eigenvalue weighted by molar-refractivity contribution is 1.49. The Bertz CT molecular complexity index is 363. The van der Waals surface area contributed by atoms with Crippen molar-refractivity contribution in [2.75, 3.05) is 0 Å². The summed E-state index contributed by atoms with van der Waals surface area (Å²) in [4.78, 5) is 0. The van der Waals surface area contributed by atoms with E-state index in [0.717, 1.165) is 10.4 Å². The normalized spacial score (nSPS) is 10.2. The zero-order valence-corrected chi connectivity index (χ0v) is 8.59. The summed E-state index contributed by atoms with van der Waals surface area (Å²) >= 11 is 0. The molecular weight excluding hydrogens is 158 g/mol. The summed E-state index contributed by atoms with van der Waals surface area (Å²) < 4.78 is 0. The topological polar surface area (TPSA) is 23.9 Å². The van der Waals surface area contributed by atoms with Gasteiger partial charge in [0.25, 0.3) is 0 Å². The Morgan fingerprint density at radius 2 is 1.85 bits per heavy atom. The van der Waals surface area contributed by atoms with Crippen LogP contribution in [0.15, 0.2) is 24.3 Å². The van der Waals surface area contributed by atoms with Crippen LogP contribution >= 0.6 is 0 Å². The van der Waals surface area contributed by atoms with Crippen LogP contribution in [-0.2, 0) is 0 Å². The first-order valence-corrected chi connectivity index (χ1v) is 4.51. The molecule has 0 fully saturated rings. The first kappa shape index (κ1) is 11.6. The minimum atomic E-state index is 0.557. The van der Waals surface area contributed by atoms with Gasteiger partial charge in [0, 0.05) is 5.71 Å². The molecule has 0 saturated heterocycles. The van der Waals surface area contributed by atoms with Crippen LogP contribution in [-0.4, -0.2) is 5.71 Å². The highest BCUT2D eigenvalue weighted by Crippen LogP contribution is 1.72. The molecule has 0 atom stereocenters. The number of hydrogen-bond donors (Lipinski definition) is 1. The molecule has 0 aliphatic rings. The van der Waals surface area contributed by atoms with E-state index in [1.165, 1.54) is 0 Å². The van der Waals surface area contributed by atoms with Gasteiger partial charge in [0.15, 0.2) is 0 Å². The maximum absolute atomic E-state index is 7.25. The van der Waals surface area contributed by atoms with E-state index >= 15 is 0 Å². The van der Waals surface area contributed by atoms with E-state index < -0.39 is 0 Å². The molecule has 1 aromatic carbocycles. The summed E-state index contributed by atoms with van der Waals surface area (Å²) in [5.74, 6) is 0. The van der Waals surface area contributed by atoms with Gasteiger partial charge in [0.1, 0.15) is 0 Å². The van der Waals surface area contributed by atoms with Crippen molar-refractivity contribution in [3.63, 3.8) is 0 Å². The zero-order valence-electron chi connectivity index (χ0n) is 8.59. The maximum atomic E-state index is 7.25. The Hall–Kier alpha value is -1.37. The zero-order chi connectivity index (χ0) is 10.3. The van der Waals surface area contributed by atoms with Crippen molar-refractivity contribution in [1.29, 1.82) is 5.41 Å². The first-order valence-electron chi connectivity index (χ1n) is 4.51. The fourth-order valence-corrected chi connectivity index (χ4v) is 0.908. The molecule has 0 unspecified atom stereocenters. The second-order valence-corrected chi connectivity index (χ2v) is 2.53. The van der Waals surface area contributed by atoms with Gasteiger partial charge in [0.05, 0.1) is 0 Å². The summed E-state index contributed by atoms with van der Waals surface area (Å²) in [5, 5.41) is 9.24. The molecule has 1 aromatic rings. The highest BCUT2D eigenvalue weighted by atomic mass is 14.4. The molecule has 0 amide bonds. The van der Waals surface area contributed by atoms with Gasteiger partial charge in [-0.15, -0.1) is 0 Å². The van der Waals surface area contributed by atoms with Crippen molar-refractivity contribution < 1.29 is 0 Å². The summed E-state index contributed by atoms with van der Waals surface area (Å²) in [5.41, 5.74) is 0.557. The van der Waals surface area contributed by atoms with Gasteiger partial charge in [0.2, 0.25) is 0 Å². The molecule has 0 aromatic heterocycles. The van der Waals surface area contributed by atoms with E-state index in [1.807, 2.05) is 44.2 Å². The third-order valence-corrected chi connectivity index (χ3v) is 1.43. The average molecular weight is 175 g/mol. The van der Waals surface area contributed by atoms with Gasteiger partial charge in [-0.3, -0.25) is 0 Å². The van der Waals surface area contributed by atoms with Crippen LogP contribution in [0.3, 0.4) is 0 Å². The fraction of sp³-hybridized carbons (Fsp3) is 0.250. The van der Waals surface area contributed by atoms with Crippen LogP contribution < -0.4 is 10.4 Å². The molecule has 1 nitrogen and oxygen atoms in total. The Kier molecular flexibility index (Phi) is 5.53. The molecule has 0 bridgehead atoms. The van der Waals surface area contributed by atoms with Gasteiger partial charge in [-0.2, -0.15) is 0 Å². The van der Waals surface area contributed by atoms with Crippen molar-refractivity contribution in [2.45, 2.75) is 20.8 Å². The van der Waals surface area contributed by atoms with Crippen LogP contribution in [0.1, 0.15) is 20.8 Å². The third kappa shape index (κ3) is 4.26. The molecular formula is C12H17N. The van der Waals surface area contributed by atoms with E-state index in [4.69, 9.17) is 5.41 Å². The Balaban J connectivity index is 0.000000671. The third-order valence-electron chi connectivity index (χ3n) is 1.43. The Morgan fingerprint density at radius 3 is 2.31 bits per heavy atom. The van der Waals surface area contributed by atoms with E-state index in [9.17, 15) is 0 Å². The molecule has 0 heterocycles. The molecule has 1 N–H and O–H groups in total. The lowest BCUT2D eigenvalue weighted by Crippen LogP contribution is -2.22. The summed E-state index contributed by atoms with van der Waals surface area (Å²) in [6.45, 7) is 9.60. The summed E-state index contributed by atoms with van der Waals surface area (Å²) in [7, 11) is 0. The minimum absolute atomic E-state index is 0.557. The lowest BCUT2D eigenvalue weighted by Gasteiger charge is -1.86.